The van der Waals surface area contributed by atoms with Crippen LogP contribution in [0, 0.1) is 6.92 Å². The van der Waals surface area contributed by atoms with Gasteiger partial charge >= 0.3 is 0 Å². The van der Waals surface area contributed by atoms with Gasteiger partial charge in [-0.3, -0.25) is 4.79 Å². The summed E-state index contributed by atoms with van der Waals surface area (Å²) in [6.45, 7) is 4.53. The molecule has 1 saturated heterocycles. The molecule has 0 N–H and O–H groups in total. The monoisotopic (exact) mass is 235 g/mol. The van der Waals surface area contributed by atoms with Crippen molar-refractivity contribution in [2.45, 2.75) is 6.92 Å². The van der Waals surface area contributed by atoms with Crippen LogP contribution in [-0.2, 0) is 4.74 Å². The van der Waals surface area contributed by atoms with Crippen LogP contribution in [0.25, 0.3) is 0 Å². The minimum atomic E-state index is 0.0686. The van der Waals surface area contributed by atoms with Crippen molar-refractivity contribution in [1.82, 2.24) is 4.90 Å². The predicted molar refractivity (Wildman–Crippen MR) is 64.5 cm³/mol. The maximum Gasteiger partial charge on any atom is 0.254 e. The summed E-state index contributed by atoms with van der Waals surface area (Å²) < 4.78 is 10.4. The molecule has 1 aliphatic heterocycles. The van der Waals surface area contributed by atoms with Crippen LogP contribution in [0.1, 0.15) is 15.9 Å². The van der Waals surface area contributed by atoms with Gasteiger partial charge in [0, 0.05) is 18.7 Å². The predicted octanol–water partition coefficient (Wildman–Crippen LogP) is 1.48. The van der Waals surface area contributed by atoms with E-state index in [0.29, 0.717) is 31.9 Å². The summed E-state index contributed by atoms with van der Waals surface area (Å²) >= 11 is 0. The molecule has 4 heteroatoms. The summed E-state index contributed by atoms with van der Waals surface area (Å²) in [6.07, 6.45) is 0. The van der Waals surface area contributed by atoms with E-state index in [1.807, 2.05) is 30.0 Å². The molecule has 1 amide bonds. The normalized spacial score (nSPS) is 15.8. The summed E-state index contributed by atoms with van der Waals surface area (Å²) in [5.41, 5.74) is 1.69. The maximum atomic E-state index is 12.2. The fourth-order valence-electron chi connectivity index (χ4n) is 1.96. The Labute approximate surface area is 101 Å². The number of amides is 1. The minimum Gasteiger partial charge on any atom is -0.496 e. The molecule has 0 unspecified atom stereocenters. The number of ether oxygens (including phenoxy) is 2. The fraction of sp³-hybridized carbons (Fsp3) is 0.462. The second kappa shape index (κ2) is 5.19. The molecule has 0 bridgehead atoms. The molecule has 1 heterocycles. The van der Waals surface area contributed by atoms with E-state index in [2.05, 4.69) is 0 Å². The molecule has 4 nitrogen and oxygen atoms in total. The number of carbonyl (C=O) groups excluding carboxylic acids is 1. The van der Waals surface area contributed by atoms with Gasteiger partial charge in [-0.15, -0.1) is 0 Å². The van der Waals surface area contributed by atoms with Gasteiger partial charge in [-0.2, -0.15) is 0 Å². The number of methoxy groups -OCH3 is 1. The molecule has 1 aromatic carbocycles. The van der Waals surface area contributed by atoms with Crippen LogP contribution < -0.4 is 4.74 Å². The number of nitrogens with zero attached hydrogens (tertiary/aromatic N) is 1. The number of benzene rings is 1. The average Bonchev–Trinajstić information content (AvgIpc) is 2.39. The topological polar surface area (TPSA) is 38.8 Å². The molecular weight excluding hydrogens is 218 g/mol. The first-order valence-electron chi connectivity index (χ1n) is 5.74. The largest absolute Gasteiger partial charge is 0.496 e. The fourth-order valence-corrected chi connectivity index (χ4v) is 1.96. The van der Waals surface area contributed by atoms with E-state index in [4.69, 9.17) is 9.47 Å². The van der Waals surface area contributed by atoms with Crippen molar-refractivity contribution >= 4 is 5.91 Å². The Morgan fingerprint density at radius 1 is 1.35 bits per heavy atom. The third-order valence-corrected chi connectivity index (χ3v) is 2.94. The molecule has 2 rings (SSSR count). The Bertz CT molecular complexity index is 411. The van der Waals surface area contributed by atoms with E-state index in [1.165, 1.54) is 0 Å². The minimum absolute atomic E-state index is 0.0686. The van der Waals surface area contributed by atoms with Crippen LogP contribution in [-0.4, -0.2) is 44.2 Å². The van der Waals surface area contributed by atoms with Crippen LogP contribution in [0.4, 0.5) is 0 Å². The number of hydrogen-bond acceptors (Lipinski definition) is 3. The van der Waals surface area contributed by atoms with Crippen molar-refractivity contribution in [3.05, 3.63) is 29.3 Å². The standard InChI is InChI=1S/C13H17NO3/c1-10-9-11(3-4-12(10)16-2)13(15)14-5-7-17-8-6-14/h3-4,9H,5-8H2,1-2H3. The van der Waals surface area contributed by atoms with Crippen molar-refractivity contribution < 1.29 is 14.3 Å². The molecule has 0 radical (unpaired) electrons. The quantitative estimate of drug-likeness (QED) is 0.779. The van der Waals surface area contributed by atoms with Crippen molar-refractivity contribution in [2.75, 3.05) is 33.4 Å². The molecule has 0 aromatic heterocycles. The zero-order chi connectivity index (χ0) is 12.3. The Morgan fingerprint density at radius 2 is 2.06 bits per heavy atom. The molecule has 1 aliphatic rings. The molecule has 1 aromatic rings. The Hall–Kier alpha value is -1.55. The number of hydrogen-bond donors (Lipinski definition) is 0. The average molecular weight is 235 g/mol. The molecule has 92 valence electrons. The maximum absolute atomic E-state index is 12.2. The first-order chi connectivity index (χ1) is 8.22. The number of carbonyl (C=O) groups is 1. The van der Waals surface area contributed by atoms with Gasteiger partial charge in [0.1, 0.15) is 5.75 Å². The molecule has 0 aliphatic carbocycles. The van der Waals surface area contributed by atoms with Gasteiger partial charge < -0.3 is 14.4 Å². The van der Waals surface area contributed by atoms with E-state index < -0.39 is 0 Å². The van der Waals surface area contributed by atoms with Crippen LogP contribution >= 0.6 is 0 Å². The van der Waals surface area contributed by atoms with E-state index in [0.717, 1.165) is 11.3 Å². The smallest absolute Gasteiger partial charge is 0.254 e. The number of morpholine rings is 1. The second-order valence-corrected chi connectivity index (χ2v) is 4.09. The zero-order valence-corrected chi connectivity index (χ0v) is 10.2. The van der Waals surface area contributed by atoms with Gasteiger partial charge in [0.2, 0.25) is 0 Å². The van der Waals surface area contributed by atoms with Crippen molar-refractivity contribution in [1.29, 1.82) is 0 Å². The molecule has 17 heavy (non-hydrogen) atoms. The lowest BCUT2D eigenvalue weighted by Gasteiger charge is -2.27. The van der Waals surface area contributed by atoms with Crippen molar-refractivity contribution in [2.24, 2.45) is 0 Å². The molecule has 0 saturated carbocycles. The molecular formula is C13H17NO3. The SMILES string of the molecule is COc1ccc(C(=O)N2CCOCC2)cc1C. The summed E-state index contributed by atoms with van der Waals surface area (Å²) in [4.78, 5) is 14.0. The highest BCUT2D eigenvalue weighted by Crippen LogP contribution is 2.19. The zero-order valence-electron chi connectivity index (χ0n) is 10.2. The van der Waals surface area contributed by atoms with E-state index in [9.17, 15) is 4.79 Å². The number of aryl methyl sites for hydroxylation is 1. The molecule has 0 spiro atoms. The van der Waals surface area contributed by atoms with Crippen LogP contribution in [0.15, 0.2) is 18.2 Å². The van der Waals surface area contributed by atoms with Crippen molar-refractivity contribution in [3.63, 3.8) is 0 Å². The van der Waals surface area contributed by atoms with Gasteiger partial charge in [0.05, 0.1) is 20.3 Å². The molecule has 0 atom stereocenters. The van der Waals surface area contributed by atoms with E-state index in [-0.39, 0.29) is 5.91 Å². The second-order valence-electron chi connectivity index (χ2n) is 4.09. The number of rotatable bonds is 2. The highest BCUT2D eigenvalue weighted by atomic mass is 16.5. The van der Waals surface area contributed by atoms with Crippen LogP contribution in [0.2, 0.25) is 0 Å². The first kappa shape index (κ1) is 11.9. The summed E-state index contributed by atoms with van der Waals surface area (Å²) in [5, 5.41) is 0. The Balaban J connectivity index is 2.16. The first-order valence-corrected chi connectivity index (χ1v) is 5.74. The summed E-state index contributed by atoms with van der Waals surface area (Å²) in [5.74, 6) is 0.877. The van der Waals surface area contributed by atoms with E-state index >= 15 is 0 Å². The Kier molecular flexibility index (Phi) is 3.64. The third-order valence-electron chi connectivity index (χ3n) is 2.94. The summed E-state index contributed by atoms with van der Waals surface area (Å²) in [7, 11) is 1.63. The van der Waals surface area contributed by atoms with Gasteiger partial charge in [0.15, 0.2) is 0 Å². The highest BCUT2D eigenvalue weighted by molar-refractivity contribution is 5.94. The van der Waals surface area contributed by atoms with Crippen molar-refractivity contribution in [3.8, 4) is 5.75 Å². The third kappa shape index (κ3) is 2.58. The lowest BCUT2D eigenvalue weighted by molar-refractivity contribution is 0.0303. The van der Waals surface area contributed by atoms with E-state index in [1.54, 1.807) is 7.11 Å². The van der Waals surface area contributed by atoms with Crippen LogP contribution in [0.3, 0.4) is 0 Å². The lowest BCUT2D eigenvalue weighted by atomic mass is 10.1. The summed E-state index contributed by atoms with van der Waals surface area (Å²) in [6, 6.07) is 5.52. The van der Waals surface area contributed by atoms with Gasteiger partial charge in [-0.25, -0.2) is 0 Å². The lowest BCUT2D eigenvalue weighted by Crippen LogP contribution is -2.40. The highest BCUT2D eigenvalue weighted by Gasteiger charge is 2.18. The Morgan fingerprint density at radius 3 is 2.65 bits per heavy atom. The molecule has 1 fully saturated rings. The van der Waals surface area contributed by atoms with Gasteiger partial charge in [-0.1, -0.05) is 0 Å². The van der Waals surface area contributed by atoms with Gasteiger partial charge in [-0.05, 0) is 30.7 Å². The van der Waals surface area contributed by atoms with Gasteiger partial charge in [0.25, 0.3) is 5.91 Å². The van der Waals surface area contributed by atoms with Crippen LogP contribution in [0.5, 0.6) is 5.75 Å².